The number of rotatable bonds is 7. The number of carbonyl (C=O) groups excluding carboxylic acids is 1. The lowest BCUT2D eigenvalue weighted by Crippen LogP contribution is -2.48. The van der Waals surface area contributed by atoms with E-state index in [1.165, 1.54) is 0 Å². The van der Waals surface area contributed by atoms with Crippen molar-refractivity contribution in [2.75, 3.05) is 40.0 Å². The molecule has 1 amide bonds. The molecule has 5 nitrogen and oxygen atoms in total. The van der Waals surface area contributed by atoms with Crippen LogP contribution in [0.2, 0.25) is 0 Å². The molecule has 1 aliphatic heterocycles. The minimum Gasteiger partial charge on any atom is -0.383 e. The summed E-state index contributed by atoms with van der Waals surface area (Å²) in [5.74, 6) is 0.0225. The molecule has 0 aliphatic carbocycles. The minimum absolute atomic E-state index is 0.0225. The monoisotopic (exact) mass is 202 g/mol. The summed E-state index contributed by atoms with van der Waals surface area (Å²) in [6, 6.07) is 0. The van der Waals surface area contributed by atoms with Crippen molar-refractivity contribution >= 4 is 5.91 Å². The van der Waals surface area contributed by atoms with Gasteiger partial charge in [0.1, 0.15) is 0 Å². The largest absolute Gasteiger partial charge is 0.383 e. The van der Waals surface area contributed by atoms with Crippen LogP contribution in [-0.4, -0.2) is 52.0 Å². The lowest BCUT2D eigenvalue weighted by Gasteiger charge is -2.26. The fraction of sp³-hybridized carbons (Fsp3) is 0.889. The molecule has 0 aromatic rings. The van der Waals surface area contributed by atoms with Gasteiger partial charge >= 0.3 is 0 Å². The average Bonchev–Trinajstić information content (AvgIpc) is 2.10. The molecule has 1 heterocycles. The number of hydrogen-bond donors (Lipinski definition) is 2. The van der Waals surface area contributed by atoms with Crippen LogP contribution in [0.5, 0.6) is 0 Å². The van der Waals surface area contributed by atoms with E-state index in [1.54, 1.807) is 7.11 Å². The molecule has 0 unspecified atom stereocenters. The molecule has 2 N–H and O–H groups in total. The number of carbonyl (C=O) groups is 1. The molecular formula is C9H18N2O3. The van der Waals surface area contributed by atoms with Crippen molar-refractivity contribution in [2.45, 2.75) is 12.5 Å². The first-order valence-electron chi connectivity index (χ1n) is 4.91. The second kappa shape index (κ2) is 6.75. The van der Waals surface area contributed by atoms with Gasteiger partial charge in [-0.05, 0) is 0 Å². The zero-order chi connectivity index (χ0) is 10.2. The molecule has 1 aliphatic rings. The fourth-order valence-electron chi connectivity index (χ4n) is 1.08. The topological polar surface area (TPSA) is 59.6 Å². The van der Waals surface area contributed by atoms with Gasteiger partial charge in [0.05, 0.1) is 19.3 Å². The number of hydrogen-bond acceptors (Lipinski definition) is 4. The van der Waals surface area contributed by atoms with E-state index in [0.717, 1.165) is 13.1 Å². The van der Waals surface area contributed by atoms with Crippen molar-refractivity contribution in [1.29, 1.82) is 0 Å². The molecule has 0 aromatic heterocycles. The number of ether oxygens (including phenoxy) is 2. The Hall–Kier alpha value is -0.650. The van der Waals surface area contributed by atoms with Crippen LogP contribution >= 0.6 is 0 Å². The Morgan fingerprint density at radius 1 is 1.50 bits per heavy atom. The van der Waals surface area contributed by atoms with E-state index in [9.17, 15) is 4.79 Å². The van der Waals surface area contributed by atoms with Crippen LogP contribution in [-0.2, 0) is 14.3 Å². The zero-order valence-electron chi connectivity index (χ0n) is 8.54. The maximum absolute atomic E-state index is 11.1. The molecule has 0 aromatic carbocycles. The highest BCUT2D eigenvalue weighted by atomic mass is 16.5. The standard InChI is InChI=1S/C9H18N2O3/c1-13-5-3-11-9(12)2-4-14-8-6-10-7-8/h8,10H,2-7H2,1H3,(H,11,12). The number of methoxy groups -OCH3 is 1. The summed E-state index contributed by atoms with van der Waals surface area (Å²) < 4.78 is 10.2. The highest BCUT2D eigenvalue weighted by molar-refractivity contribution is 5.75. The smallest absolute Gasteiger partial charge is 0.222 e. The first kappa shape index (κ1) is 11.4. The zero-order valence-corrected chi connectivity index (χ0v) is 8.54. The van der Waals surface area contributed by atoms with Crippen LogP contribution in [0.3, 0.4) is 0 Å². The SMILES string of the molecule is COCCNC(=O)CCOC1CNC1. The van der Waals surface area contributed by atoms with Crippen molar-refractivity contribution in [3.63, 3.8) is 0 Å². The van der Waals surface area contributed by atoms with Crippen LogP contribution in [0.1, 0.15) is 6.42 Å². The van der Waals surface area contributed by atoms with Gasteiger partial charge in [-0.3, -0.25) is 4.79 Å². The van der Waals surface area contributed by atoms with E-state index >= 15 is 0 Å². The van der Waals surface area contributed by atoms with E-state index in [1.807, 2.05) is 0 Å². The van der Waals surface area contributed by atoms with Crippen molar-refractivity contribution in [3.05, 3.63) is 0 Å². The van der Waals surface area contributed by atoms with Gasteiger partial charge < -0.3 is 20.1 Å². The van der Waals surface area contributed by atoms with Crippen molar-refractivity contribution < 1.29 is 14.3 Å². The number of amides is 1. The highest BCUT2D eigenvalue weighted by Gasteiger charge is 2.16. The van der Waals surface area contributed by atoms with Crippen molar-refractivity contribution in [1.82, 2.24) is 10.6 Å². The Bertz CT molecular complexity index is 171. The molecule has 0 atom stereocenters. The van der Waals surface area contributed by atoms with Gasteiger partial charge in [-0.15, -0.1) is 0 Å². The minimum atomic E-state index is 0.0225. The number of nitrogens with one attached hydrogen (secondary N) is 2. The average molecular weight is 202 g/mol. The fourth-order valence-corrected chi connectivity index (χ4v) is 1.08. The normalized spacial score (nSPS) is 16.4. The molecule has 0 spiro atoms. The molecule has 1 rings (SSSR count). The van der Waals surface area contributed by atoms with Gasteiger partial charge in [0.25, 0.3) is 0 Å². The Kier molecular flexibility index (Phi) is 5.51. The van der Waals surface area contributed by atoms with Gasteiger partial charge in [-0.1, -0.05) is 0 Å². The highest BCUT2D eigenvalue weighted by Crippen LogP contribution is 1.98. The lowest BCUT2D eigenvalue weighted by molar-refractivity contribution is -0.123. The molecule has 5 heteroatoms. The summed E-state index contributed by atoms with van der Waals surface area (Å²) in [5, 5.41) is 5.83. The van der Waals surface area contributed by atoms with E-state index in [0.29, 0.717) is 32.3 Å². The molecule has 14 heavy (non-hydrogen) atoms. The summed E-state index contributed by atoms with van der Waals surface area (Å²) in [7, 11) is 1.61. The van der Waals surface area contributed by atoms with Crippen LogP contribution in [0, 0.1) is 0 Å². The van der Waals surface area contributed by atoms with Gasteiger partial charge in [0, 0.05) is 33.2 Å². The molecule has 82 valence electrons. The maximum Gasteiger partial charge on any atom is 0.222 e. The molecule has 0 radical (unpaired) electrons. The predicted molar refractivity (Wildman–Crippen MR) is 52.1 cm³/mol. The van der Waals surface area contributed by atoms with Crippen LogP contribution in [0.4, 0.5) is 0 Å². The Morgan fingerprint density at radius 3 is 2.86 bits per heavy atom. The Morgan fingerprint density at radius 2 is 2.29 bits per heavy atom. The van der Waals surface area contributed by atoms with Crippen LogP contribution < -0.4 is 10.6 Å². The third kappa shape index (κ3) is 4.55. The third-order valence-electron chi connectivity index (χ3n) is 2.06. The first-order chi connectivity index (χ1) is 6.83. The van der Waals surface area contributed by atoms with E-state index in [2.05, 4.69) is 10.6 Å². The first-order valence-corrected chi connectivity index (χ1v) is 4.91. The lowest BCUT2D eigenvalue weighted by atomic mass is 10.2. The van der Waals surface area contributed by atoms with Gasteiger partial charge in [-0.2, -0.15) is 0 Å². The van der Waals surface area contributed by atoms with Crippen LogP contribution in [0.25, 0.3) is 0 Å². The molecule has 1 saturated heterocycles. The summed E-state index contributed by atoms with van der Waals surface area (Å²) in [6.45, 7) is 3.45. The van der Waals surface area contributed by atoms with Crippen molar-refractivity contribution in [3.8, 4) is 0 Å². The van der Waals surface area contributed by atoms with E-state index in [-0.39, 0.29) is 5.91 Å². The summed E-state index contributed by atoms with van der Waals surface area (Å²) in [4.78, 5) is 11.1. The van der Waals surface area contributed by atoms with Gasteiger partial charge in [-0.25, -0.2) is 0 Å². The molecule has 0 bridgehead atoms. The molecule has 1 fully saturated rings. The summed E-state index contributed by atoms with van der Waals surface area (Å²) in [5.41, 5.74) is 0. The van der Waals surface area contributed by atoms with E-state index in [4.69, 9.17) is 9.47 Å². The van der Waals surface area contributed by atoms with Gasteiger partial charge in [0.15, 0.2) is 0 Å². The second-order valence-corrected chi connectivity index (χ2v) is 3.24. The summed E-state index contributed by atoms with van der Waals surface area (Å²) >= 11 is 0. The third-order valence-corrected chi connectivity index (χ3v) is 2.06. The quantitative estimate of drug-likeness (QED) is 0.527. The predicted octanol–water partition coefficient (Wildman–Crippen LogP) is -0.872. The molecule has 0 saturated carbocycles. The van der Waals surface area contributed by atoms with E-state index < -0.39 is 0 Å². The van der Waals surface area contributed by atoms with Crippen LogP contribution in [0.15, 0.2) is 0 Å². The second-order valence-electron chi connectivity index (χ2n) is 3.24. The summed E-state index contributed by atoms with van der Waals surface area (Å²) in [6.07, 6.45) is 0.738. The Balaban J connectivity index is 1.86. The Labute approximate surface area is 84.1 Å². The molecular weight excluding hydrogens is 184 g/mol. The van der Waals surface area contributed by atoms with Gasteiger partial charge in [0.2, 0.25) is 5.91 Å². The maximum atomic E-state index is 11.1. The van der Waals surface area contributed by atoms with Crippen molar-refractivity contribution in [2.24, 2.45) is 0 Å².